The topological polar surface area (TPSA) is 39.7 Å². The summed E-state index contributed by atoms with van der Waals surface area (Å²) in [5, 5.41) is 3.97. The van der Waals surface area contributed by atoms with Crippen LogP contribution in [0.1, 0.15) is 30.9 Å². The van der Waals surface area contributed by atoms with Crippen molar-refractivity contribution in [2.75, 3.05) is 27.4 Å². The third-order valence-electron chi connectivity index (χ3n) is 3.96. The molecule has 0 saturated heterocycles. The second kappa shape index (κ2) is 9.54. The molecule has 5 heteroatoms. The minimum Gasteiger partial charge on any atom is -0.493 e. The number of benzene rings is 2. The smallest absolute Gasteiger partial charge is 0.162 e. The maximum Gasteiger partial charge on any atom is 0.162 e. The van der Waals surface area contributed by atoms with Gasteiger partial charge in [0.15, 0.2) is 11.5 Å². The molecule has 0 aliphatic heterocycles. The van der Waals surface area contributed by atoms with Crippen molar-refractivity contribution in [2.24, 2.45) is 0 Å². The lowest BCUT2D eigenvalue weighted by Crippen LogP contribution is -2.20. The van der Waals surface area contributed by atoms with Crippen LogP contribution in [0.25, 0.3) is 0 Å². The van der Waals surface area contributed by atoms with Gasteiger partial charge in [0, 0.05) is 24.2 Å². The average Bonchev–Trinajstić information content (AvgIpc) is 2.62. The molecule has 0 spiro atoms. The van der Waals surface area contributed by atoms with E-state index in [1.165, 1.54) is 5.56 Å². The molecule has 0 amide bonds. The van der Waals surface area contributed by atoms with Crippen LogP contribution in [0.5, 0.6) is 17.2 Å². The van der Waals surface area contributed by atoms with Gasteiger partial charge in [-0.3, -0.25) is 0 Å². The van der Waals surface area contributed by atoms with Gasteiger partial charge in [-0.05, 0) is 35.2 Å². The van der Waals surface area contributed by atoms with Gasteiger partial charge in [-0.1, -0.05) is 37.6 Å². The van der Waals surface area contributed by atoms with E-state index in [9.17, 15) is 0 Å². The number of nitrogens with one attached hydrogen (secondary N) is 1. The minimum absolute atomic E-state index is 0.530. The fourth-order valence-electron chi connectivity index (χ4n) is 2.44. The van der Waals surface area contributed by atoms with E-state index >= 15 is 0 Å². The number of rotatable bonds is 9. The van der Waals surface area contributed by atoms with Crippen molar-refractivity contribution in [3.8, 4) is 17.2 Å². The summed E-state index contributed by atoms with van der Waals surface area (Å²) in [6, 6.07) is 11.9. The summed E-state index contributed by atoms with van der Waals surface area (Å²) in [5.41, 5.74) is 2.27. The Labute approximate surface area is 155 Å². The van der Waals surface area contributed by atoms with Crippen LogP contribution in [-0.4, -0.2) is 27.4 Å². The first-order chi connectivity index (χ1) is 12.0. The molecule has 2 rings (SSSR count). The zero-order valence-corrected chi connectivity index (χ0v) is 16.0. The highest BCUT2D eigenvalue weighted by atomic mass is 35.5. The summed E-state index contributed by atoms with van der Waals surface area (Å²) in [4.78, 5) is 0. The fraction of sp³-hybridized carbons (Fsp3) is 0.400. The first kappa shape index (κ1) is 19.4. The molecule has 0 atom stereocenters. The molecule has 0 fully saturated rings. The Hall–Kier alpha value is -1.91. The highest BCUT2D eigenvalue weighted by Gasteiger charge is 2.09. The molecule has 2 aromatic carbocycles. The molecule has 0 aliphatic rings. The normalized spacial score (nSPS) is 10.8. The highest BCUT2D eigenvalue weighted by Crippen LogP contribution is 2.32. The monoisotopic (exact) mass is 363 g/mol. The maximum atomic E-state index is 6.28. The summed E-state index contributed by atoms with van der Waals surface area (Å²) < 4.78 is 16.3. The van der Waals surface area contributed by atoms with Gasteiger partial charge in [0.05, 0.1) is 14.2 Å². The van der Waals surface area contributed by atoms with Gasteiger partial charge in [-0.25, -0.2) is 0 Å². The van der Waals surface area contributed by atoms with Crippen molar-refractivity contribution in [3.63, 3.8) is 0 Å². The molecule has 0 heterocycles. The van der Waals surface area contributed by atoms with E-state index in [-0.39, 0.29) is 0 Å². The number of hydrogen-bond donors (Lipinski definition) is 1. The molecule has 25 heavy (non-hydrogen) atoms. The van der Waals surface area contributed by atoms with Crippen molar-refractivity contribution in [1.29, 1.82) is 0 Å². The van der Waals surface area contributed by atoms with Gasteiger partial charge >= 0.3 is 0 Å². The fourth-order valence-corrected chi connectivity index (χ4v) is 2.67. The van der Waals surface area contributed by atoms with Crippen LogP contribution in [0, 0.1) is 0 Å². The van der Waals surface area contributed by atoms with Gasteiger partial charge in [-0.15, -0.1) is 0 Å². The first-order valence-corrected chi connectivity index (χ1v) is 8.76. The molecule has 0 aliphatic carbocycles. The van der Waals surface area contributed by atoms with Crippen molar-refractivity contribution < 1.29 is 14.2 Å². The predicted molar refractivity (Wildman–Crippen MR) is 102 cm³/mol. The van der Waals surface area contributed by atoms with Crippen molar-refractivity contribution in [1.82, 2.24) is 5.32 Å². The average molecular weight is 364 g/mol. The number of ether oxygens (including phenoxy) is 3. The Morgan fingerprint density at radius 2 is 1.64 bits per heavy atom. The minimum atomic E-state index is 0.530. The molecule has 0 aromatic heterocycles. The Kier molecular flexibility index (Phi) is 7.41. The third-order valence-corrected chi connectivity index (χ3v) is 4.31. The van der Waals surface area contributed by atoms with Gasteiger partial charge in [0.1, 0.15) is 12.4 Å². The molecular weight excluding hydrogens is 338 g/mol. The van der Waals surface area contributed by atoms with Crippen LogP contribution in [-0.2, 0) is 6.54 Å². The van der Waals surface area contributed by atoms with E-state index in [1.54, 1.807) is 20.3 Å². The van der Waals surface area contributed by atoms with Crippen LogP contribution in [0.4, 0.5) is 0 Å². The zero-order valence-electron chi connectivity index (χ0n) is 15.3. The lowest BCUT2D eigenvalue weighted by Gasteiger charge is -2.13. The lowest BCUT2D eigenvalue weighted by atomic mass is 10.0. The van der Waals surface area contributed by atoms with E-state index in [1.807, 2.05) is 18.2 Å². The SMILES string of the molecule is COc1cc(Cl)c(CNCCOc2ccc(C(C)C)cc2)cc1OC. The molecular formula is C20H26ClNO3. The van der Waals surface area contributed by atoms with Crippen LogP contribution < -0.4 is 19.5 Å². The molecule has 4 nitrogen and oxygen atoms in total. The summed E-state index contributed by atoms with van der Waals surface area (Å²) in [6.45, 7) is 6.30. The van der Waals surface area contributed by atoms with E-state index in [0.717, 1.165) is 17.9 Å². The predicted octanol–water partition coefficient (Wildman–Crippen LogP) is 4.65. The van der Waals surface area contributed by atoms with Gasteiger partial charge < -0.3 is 19.5 Å². The van der Waals surface area contributed by atoms with E-state index in [4.69, 9.17) is 25.8 Å². The van der Waals surface area contributed by atoms with Crippen molar-refractivity contribution in [2.45, 2.75) is 26.3 Å². The Balaban J connectivity index is 1.79. The molecule has 0 bridgehead atoms. The van der Waals surface area contributed by atoms with E-state index < -0.39 is 0 Å². The van der Waals surface area contributed by atoms with Gasteiger partial charge in [0.25, 0.3) is 0 Å². The Bertz CT molecular complexity index is 671. The maximum absolute atomic E-state index is 6.28. The molecule has 1 N–H and O–H groups in total. The molecule has 0 radical (unpaired) electrons. The Morgan fingerprint density at radius 3 is 2.24 bits per heavy atom. The molecule has 136 valence electrons. The van der Waals surface area contributed by atoms with Crippen LogP contribution in [0.2, 0.25) is 5.02 Å². The summed E-state index contributed by atoms with van der Waals surface area (Å²) >= 11 is 6.28. The third kappa shape index (κ3) is 5.55. The molecule has 0 unspecified atom stereocenters. The first-order valence-electron chi connectivity index (χ1n) is 8.39. The molecule has 0 saturated carbocycles. The Morgan fingerprint density at radius 1 is 1.00 bits per heavy atom. The standard InChI is InChI=1S/C20H26ClNO3/c1-14(2)15-5-7-17(8-6-15)25-10-9-22-13-16-11-19(23-3)20(24-4)12-18(16)21/h5-8,11-12,14,22H,9-10,13H2,1-4H3. The number of hydrogen-bond acceptors (Lipinski definition) is 4. The van der Waals surface area contributed by atoms with Gasteiger partial charge in [0.2, 0.25) is 0 Å². The van der Waals surface area contributed by atoms with E-state index in [0.29, 0.717) is 35.6 Å². The lowest BCUT2D eigenvalue weighted by molar-refractivity contribution is 0.313. The summed E-state index contributed by atoms with van der Waals surface area (Å²) in [7, 11) is 3.21. The summed E-state index contributed by atoms with van der Waals surface area (Å²) in [5.74, 6) is 2.71. The van der Waals surface area contributed by atoms with Crippen LogP contribution >= 0.6 is 11.6 Å². The van der Waals surface area contributed by atoms with Crippen molar-refractivity contribution >= 4 is 11.6 Å². The number of halogens is 1. The van der Waals surface area contributed by atoms with Gasteiger partial charge in [-0.2, -0.15) is 0 Å². The largest absolute Gasteiger partial charge is 0.493 e. The van der Waals surface area contributed by atoms with E-state index in [2.05, 4.69) is 31.3 Å². The second-order valence-electron chi connectivity index (χ2n) is 6.05. The van der Waals surface area contributed by atoms with Crippen LogP contribution in [0.3, 0.4) is 0 Å². The summed E-state index contributed by atoms with van der Waals surface area (Å²) in [6.07, 6.45) is 0. The van der Waals surface area contributed by atoms with Crippen LogP contribution in [0.15, 0.2) is 36.4 Å². The molecule has 2 aromatic rings. The quantitative estimate of drug-likeness (QED) is 0.658. The second-order valence-corrected chi connectivity index (χ2v) is 6.45. The number of methoxy groups -OCH3 is 2. The highest BCUT2D eigenvalue weighted by molar-refractivity contribution is 6.31. The zero-order chi connectivity index (χ0) is 18.2. The van der Waals surface area contributed by atoms with Crippen molar-refractivity contribution in [3.05, 3.63) is 52.5 Å².